The largest absolute Gasteiger partial charge is 0.497 e. The fourth-order valence-electron chi connectivity index (χ4n) is 2.48. The second-order valence-corrected chi connectivity index (χ2v) is 5.30. The molecule has 2 aromatic carbocycles. The number of nitrogens with one attached hydrogen (secondary N) is 2. The summed E-state index contributed by atoms with van der Waals surface area (Å²) in [4.78, 5) is 7.93. The first-order valence-corrected chi connectivity index (χ1v) is 7.62. The van der Waals surface area contributed by atoms with Crippen molar-refractivity contribution < 1.29 is 4.74 Å². The topological polar surface area (TPSA) is 49.9 Å². The zero-order valence-corrected chi connectivity index (χ0v) is 12.8. The average Bonchev–Trinajstić information content (AvgIpc) is 2.98. The fraction of sp³-hybridized carbons (Fsp3) is 0.278. The molecule has 0 bridgehead atoms. The van der Waals surface area contributed by atoms with E-state index in [9.17, 15) is 0 Å². The molecule has 0 saturated heterocycles. The molecule has 0 radical (unpaired) electrons. The van der Waals surface area contributed by atoms with Crippen LogP contribution in [0.4, 0.5) is 0 Å². The van der Waals surface area contributed by atoms with Gasteiger partial charge in [-0.05, 0) is 42.8 Å². The van der Waals surface area contributed by atoms with E-state index >= 15 is 0 Å². The Morgan fingerprint density at radius 2 is 1.77 bits per heavy atom. The molecule has 0 saturated carbocycles. The Labute approximate surface area is 130 Å². The highest BCUT2D eigenvalue weighted by molar-refractivity contribution is 5.74. The van der Waals surface area contributed by atoms with E-state index in [4.69, 9.17) is 4.74 Å². The van der Waals surface area contributed by atoms with Gasteiger partial charge in [0.15, 0.2) is 0 Å². The molecule has 0 aliphatic rings. The first kappa shape index (κ1) is 14.6. The van der Waals surface area contributed by atoms with E-state index in [0.717, 1.165) is 48.5 Å². The summed E-state index contributed by atoms with van der Waals surface area (Å²) < 4.78 is 5.16. The van der Waals surface area contributed by atoms with E-state index in [1.165, 1.54) is 5.56 Å². The van der Waals surface area contributed by atoms with Crippen molar-refractivity contribution >= 4 is 11.0 Å². The highest BCUT2D eigenvalue weighted by Crippen LogP contribution is 2.12. The smallest absolute Gasteiger partial charge is 0.118 e. The average molecular weight is 295 g/mol. The van der Waals surface area contributed by atoms with Crippen LogP contribution in [-0.2, 0) is 12.8 Å². The number of imidazole rings is 1. The maximum Gasteiger partial charge on any atom is 0.118 e. The maximum atomic E-state index is 5.16. The van der Waals surface area contributed by atoms with Crippen LogP contribution in [0.5, 0.6) is 5.75 Å². The number of fused-ring (bicyclic) bond motifs is 1. The summed E-state index contributed by atoms with van der Waals surface area (Å²) in [6, 6.07) is 16.4. The lowest BCUT2D eigenvalue weighted by molar-refractivity contribution is 0.414. The lowest BCUT2D eigenvalue weighted by Gasteiger charge is -2.05. The number of rotatable bonds is 7. The minimum atomic E-state index is 0.904. The van der Waals surface area contributed by atoms with Gasteiger partial charge in [0.25, 0.3) is 0 Å². The molecule has 2 N–H and O–H groups in total. The summed E-state index contributed by atoms with van der Waals surface area (Å²) in [5.41, 5.74) is 3.46. The number of benzene rings is 2. The van der Waals surface area contributed by atoms with Crippen molar-refractivity contribution in [1.82, 2.24) is 15.3 Å². The summed E-state index contributed by atoms with van der Waals surface area (Å²) >= 11 is 0. The molecule has 0 atom stereocenters. The van der Waals surface area contributed by atoms with Gasteiger partial charge in [0, 0.05) is 13.0 Å². The van der Waals surface area contributed by atoms with Crippen LogP contribution in [0.15, 0.2) is 48.5 Å². The maximum absolute atomic E-state index is 5.16. The fourth-order valence-corrected chi connectivity index (χ4v) is 2.48. The van der Waals surface area contributed by atoms with E-state index in [1.807, 2.05) is 30.3 Å². The lowest BCUT2D eigenvalue weighted by atomic mass is 10.1. The van der Waals surface area contributed by atoms with Crippen molar-refractivity contribution in [2.24, 2.45) is 0 Å². The first-order chi connectivity index (χ1) is 10.8. The Morgan fingerprint density at radius 3 is 2.55 bits per heavy atom. The minimum Gasteiger partial charge on any atom is -0.497 e. The SMILES string of the molecule is COc1ccc(CCNCCc2nc3ccccc3[nH]2)cc1. The van der Waals surface area contributed by atoms with Gasteiger partial charge in [-0.25, -0.2) is 4.98 Å². The van der Waals surface area contributed by atoms with Crippen molar-refractivity contribution in [3.63, 3.8) is 0 Å². The molecule has 0 amide bonds. The zero-order chi connectivity index (χ0) is 15.2. The molecule has 1 heterocycles. The molecule has 3 rings (SSSR count). The predicted octanol–water partition coefficient (Wildman–Crippen LogP) is 2.95. The predicted molar refractivity (Wildman–Crippen MR) is 89.4 cm³/mol. The van der Waals surface area contributed by atoms with E-state index < -0.39 is 0 Å². The zero-order valence-electron chi connectivity index (χ0n) is 12.8. The van der Waals surface area contributed by atoms with E-state index in [0.29, 0.717) is 0 Å². The third-order valence-corrected chi connectivity index (χ3v) is 3.73. The molecule has 3 aromatic rings. The van der Waals surface area contributed by atoms with Crippen molar-refractivity contribution in [2.45, 2.75) is 12.8 Å². The van der Waals surface area contributed by atoms with Crippen LogP contribution in [0.1, 0.15) is 11.4 Å². The molecule has 4 heteroatoms. The van der Waals surface area contributed by atoms with Crippen LogP contribution < -0.4 is 10.1 Å². The van der Waals surface area contributed by atoms with Gasteiger partial charge < -0.3 is 15.0 Å². The second-order valence-electron chi connectivity index (χ2n) is 5.30. The van der Waals surface area contributed by atoms with E-state index in [-0.39, 0.29) is 0 Å². The highest BCUT2D eigenvalue weighted by atomic mass is 16.5. The van der Waals surface area contributed by atoms with Crippen molar-refractivity contribution in [2.75, 3.05) is 20.2 Å². The number of aromatic amines is 1. The van der Waals surface area contributed by atoms with Gasteiger partial charge in [0.2, 0.25) is 0 Å². The molecule has 22 heavy (non-hydrogen) atoms. The number of H-pyrrole nitrogens is 1. The van der Waals surface area contributed by atoms with Gasteiger partial charge in [-0.1, -0.05) is 24.3 Å². The van der Waals surface area contributed by atoms with Crippen molar-refractivity contribution in [1.29, 1.82) is 0 Å². The first-order valence-electron chi connectivity index (χ1n) is 7.62. The number of para-hydroxylation sites is 2. The number of methoxy groups -OCH3 is 1. The molecule has 0 spiro atoms. The Morgan fingerprint density at radius 1 is 1.00 bits per heavy atom. The van der Waals surface area contributed by atoms with E-state index in [1.54, 1.807) is 7.11 Å². The lowest BCUT2D eigenvalue weighted by Crippen LogP contribution is -2.20. The van der Waals surface area contributed by atoms with Crippen LogP contribution in [-0.4, -0.2) is 30.2 Å². The number of hydrogen-bond donors (Lipinski definition) is 2. The monoisotopic (exact) mass is 295 g/mol. The normalized spacial score (nSPS) is 11.0. The summed E-state index contributed by atoms with van der Waals surface area (Å²) in [7, 11) is 1.69. The minimum absolute atomic E-state index is 0.904. The number of nitrogens with zero attached hydrogens (tertiary/aromatic N) is 1. The van der Waals surface area contributed by atoms with Crippen LogP contribution in [0, 0.1) is 0 Å². The summed E-state index contributed by atoms with van der Waals surface area (Å²) in [6.07, 6.45) is 1.93. The van der Waals surface area contributed by atoms with Gasteiger partial charge in [-0.3, -0.25) is 0 Å². The molecule has 0 aliphatic carbocycles. The van der Waals surface area contributed by atoms with Crippen LogP contribution in [0.3, 0.4) is 0 Å². The van der Waals surface area contributed by atoms with E-state index in [2.05, 4.69) is 33.5 Å². The summed E-state index contributed by atoms with van der Waals surface area (Å²) in [6.45, 7) is 1.89. The molecule has 114 valence electrons. The molecule has 0 unspecified atom stereocenters. The molecule has 1 aromatic heterocycles. The van der Waals surface area contributed by atoms with Crippen LogP contribution >= 0.6 is 0 Å². The van der Waals surface area contributed by atoms with Crippen LogP contribution in [0.2, 0.25) is 0 Å². The van der Waals surface area contributed by atoms with Gasteiger partial charge in [-0.15, -0.1) is 0 Å². The Hall–Kier alpha value is -2.33. The Balaban J connectivity index is 1.41. The molecule has 0 aliphatic heterocycles. The molecular weight excluding hydrogens is 274 g/mol. The van der Waals surface area contributed by atoms with Crippen molar-refractivity contribution in [3.8, 4) is 5.75 Å². The Kier molecular flexibility index (Phi) is 4.71. The third kappa shape index (κ3) is 3.65. The van der Waals surface area contributed by atoms with Crippen LogP contribution in [0.25, 0.3) is 11.0 Å². The standard InChI is InChI=1S/C18H21N3O/c1-22-15-8-6-14(7-9-15)10-12-19-13-11-18-20-16-4-2-3-5-17(16)21-18/h2-9,19H,10-13H2,1H3,(H,20,21). The van der Waals surface area contributed by atoms with Crippen molar-refractivity contribution in [3.05, 3.63) is 59.9 Å². The van der Waals surface area contributed by atoms with Gasteiger partial charge >= 0.3 is 0 Å². The van der Waals surface area contributed by atoms with Gasteiger partial charge in [0.05, 0.1) is 18.1 Å². The Bertz CT molecular complexity index is 686. The van der Waals surface area contributed by atoms with Gasteiger partial charge in [-0.2, -0.15) is 0 Å². The van der Waals surface area contributed by atoms with Gasteiger partial charge in [0.1, 0.15) is 11.6 Å². The number of hydrogen-bond acceptors (Lipinski definition) is 3. The quantitative estimate of drug-likeness (QED) is 0.659. The summed E-state index contributed by atoms with van der Waals surface area (Å²) in [5, 5.41) is 3.46. The second kappa shape index (κ2) is 7.09. The molecule has 4 nitrogen and oxygen atoms in total. The highest BCUT2D eigenvalue weighted by Gasteiger charge is 2.01. The number of aromatic nitrogens is 2. The third-order valence-electron chi connectivity index (χ3n) is 3.73. The summed E-state index contributed by atoms with van der Waals surface area (Å²) in [5.74, 6) is 1.94. The molecular formula is C18H21N3O. The molecule has 0 fully saturated rings. The number of ether oxygens (including phenoxy) is 1.